The van der Waals surface area contributed by atoms with Crippen molar-refractivity contribution in [2.24, 2.45) is 0 Å². The summed E-state index contributed by atoms with van der Waals surface area (Å²) in [5, 5.41) is 11.3. The first-order valence-electron chi connectivity index (χ1n) is 11.9. The van der Waals surface area contributed by atoms with Gasteiger partial charge in [-0.25, -0.2) is 23.4 Å². The van der Waals surface area contributed by atoms with Gasteiger partial charge >= 0.3 is 5.97 Å². The Morgan fingerprint density at radius 1 is 1.15 bits per heavy atom. The summed E-state index contributed by atoms with van der Waals surface area (Å²) in [6.07, 6.45) is 2.92. The van der Waals surface area contributed by atoms with Gasteiger partial charge in [0, 0.05) is 18.7 Å². The number of sulfone groups is 1. The number of carboxylic acid groups (broad SMARTS) is 1. The predicted molar refractivity (Wildman–Crippen MR) is 140 cm³/mol. The lowest BCUT2D eigenvalue weighted by molar-refractivity contribution is -0.136. The van der Waals surface area contributed by atoms with Crippen LogP contribution in [0.5, 0.6) is 5.88 Å². The molecule has 2 amide bonds. The fourth-order valence-corrected chi connectivity index (χ4v) is 6.47. The Balaban J connectivity index is 1.39. The van der Waals surface area contributed by atoms with Crippen molar-refractivity contribution in [1.29, 1.82) is 0 Å². The predicted octanol–water partition coefficient (Wildman–Crippen LogP) is 2.75. The van der Waals surface area contributed by atoms with Gasteiger partial charge in [-0.2, -0.15) is 0 Å². The van der Waals surface area contributed by atoms with Gasteiger partial charge in [-0.15, -0.1) is 0 Å². The van der Waals surface area contributed by atoms with E-state index in [1.807, 2.05) is 0 Å². The molecule has 0 spiro atoms. The molecule has 5 rings (SSSR count). The molecule has 15 heteroatoms. The van der Waals surface area contributed by atoms with Gasteiger partial charge in [-0.05, 0) is 31.4 Å². The Morgan fingerprint density at radius 2 is 1.87 bits per heavy atom. The van der Waals surface area contributed by atoms with Crippen molar-refractivity contribution in [3.63, 3.8) is 0 Å². The molecule has 1 aliphatic carbocycles. The molecule has 1 unspecified atom stereocenters. The number of aromatic nitrogens is 3. The van der Waals surface area contributed by atoms with E-state index in [4.69, 9.17) is 21.4 Å². The van der Waals surface area contributed by atoms with Crippen LogP contribution in [0.1, 0.15) is 47.1 Å². The van der Waals surface area contributed by atoms with Crippen LogP contribution in [0.4, 0.5) is 5.13 Å². The summed E-state index contributed by atoms with van der Waals surface area (Å²) in [4.78, 5) is 50.8. The van der Waals surface area contributed by atoms with E-state index in [9.17, 15) is 22.8 Å². The summed E-state index contributed by atoms with van der Waals surface area (Å²) < 4.78 is 31.1. The number of hydrogen-bond donors (Lipinski definition) is 2. The number of nitrogens with one attached hydrogen (secondary N) is 1. The number of aliphatic carboxylic acids is 1. The Bertz CT molecular complexity index is 1520. The molecule has 1 atom stereocenters. The highest BCUT2D eigenvalue weighted by Crippen LogP contribution is 2.34. The number of carboxylic acids is 1. The number of nitrogens with zero attached hydrogens (tertiary/aromatic N) is 4. The summed E-state index contributed by atoms with van der Waals surface area (Å²) in [6.45, 7) is 1.31. The summed E-state index contributed by atoms with van der Waals surface area (Å²) >= 11 is 6.96. The second kappa shape index (κ2) is 10.9. The lowest BCUT2D eigenvalue weighted by atomic mass is 10.1. The molecule has 3 aromatic rings. The van der Waals surface area contributed by atoms with Crippen LogP contribution in [0.3, 0.4) is 0 Å². The molecule has 0 bridgehead atoms. The average molecular weight is 592 g/mol. The van der Waals surface area contributed by atoms with Crippen LogP contribution in [0.15, 0.2) is 41.6 Å². The monoisotopic (exact) mass is 591 g/mol. The van der Waals surface area contributed by atoms with Crippen molar-refractivity contribution in [3.8, 4) is 5.88 Å². The van der Waals surface area contributed by atoms with Crippen LogP contribution >= 0.6 is 22.9 Å². The van der Waals surface area contributed by atoms with E-state index in [0.29, 0.717) is 31.5 Å². The minimum absolute atomic E-state index is 0.0475. The first-order valence-corrected chi connectivity index (χ1v) is 14.7. The number of thiazole rings is 1. The first kappa shape index (κ1) is 27.0. The average Bonchev–Trinajstić information content (AvgIpc) is 3.67. The van der Waals surface area contributed by atoms with E-state index >= 15 is 0 Å². The SMILES string of the molecule is O=C(O)Cc1nc(NC(=O)C(Oc2cnc(C(=O)N3CCC3)cn2)c2ccc(S(=O)(=O)C3CC3)cc2)sc1Cl. The molecule has 1 saturated heterocycles. The molecule has 1 saturated carbocycles. The van der Waals surface area contributed by atoms with E-state index in [-0.39, 0.29) is 42.8 Å². The zero-order chi connectivity index (χ0) is 27.7. The number of halogens is 1. The van der Waals surface area contributed by atoms with E-state index in [0.717, 1.165) is 17.8 Å². The standard InChI is InChI=1S/C24H22ClN5O7S2/c25-21-16(10-19(31)32)28-24(38-21)29-22(33)20(13-2-4-14(5-3-13)39(35,36)15-6-7-15)37-18-12-26-17(11-27-18)23(34)30-8-1-9-30/h2-5,11-12,15,20H,1,6-10H2,(H,31,32)(H,28,29,33). The molecule has 2 N–H and O–H groups in total. The zero-order valence-electron chi connectivity index (χ0n) is 20.2. The second-order valence-corrected chi connectivity index (χ2v) is 12.8. The van der Waals surface area contributed by atoms with Crippen LogP contribution in [0.2, 0.25) is 4.34 Å². The lowest BCUT2D eigenvalue weighted by Gasteiger charge is -2.30. The maximum atomic E-state index is 13.3. The zero-order valence-corrected chi connectivity index (χ0v) is 22.6. The molecule has 1 aliphatic heterocycles. The Kier molecular flexibility index (Phi) is 7.51. The van der Waals surface area contributed by atoms with Crippen LogP contribution in [-0.4, -0.2) is 69.5 Å². The van der Waals surface area contributed by atoms with E-state index in [1.54, 1.807) is 4.90 Å². The second-order valence-electron chi connectivity index (χ2n) is 9.00. The third-order valence-electron chi connectivity index (χ3n) is 6.14. The molecule has 3 heterocycles. The number of benzene rings is 1. The van der Waals surface area contributed by atoms with E-state index < -0.39 is 34.2 Å². The fourth-order valence-electron chi connectivity index (χ4n) is 3.78. The Morgan fingerprint density at radius 3 is 2.44 bits per heavy atom. The van der Waals surface area contributed by atoms with Gasteiger partial charge in [-0.1, -0.05) is 35.1 Å². The van der Waals surface area contributed by atoms with Gasteiger partial charge in [0.2, 0.25) is 12.0 Å². The number of carbonyl (C=O) groups excluding carboxylic acids is 2. The normalized spacial score (nSPS) is 15.8. The van der Waals surface area contributed by atoms with E-state index in [2.05, 4.69) is 20.3 Å². The molecular weight excluding hydrogens is 570 g/mol. The molecule has 204 valence electrons. The number of carbonyl (C=O) groups is 3. The van der Waals surface area contributed by atoms with Gasteiger partial charge < -0.3 is 14.7 Å². The molecule has 0 radical (unpaired) electrons. The van der Waals surface area contributed by atoms with Crippen LogP contribution < -0.4 is 10.1 Å². The van der Waals surface area contributed by atoms with Crippen molar-refractivity contribution >= 4 is 55.7 Å². The van der Waals surface area contributed by atoms with Gasteiger partial charge in [0.05, 0.1) is 34.7 Å². The number of hydrogen-bond acceptors (Lipinski definition) is 10. The highest BCUT2D eigenvalue weighted by atomic mass is 35.5. The highest BCUT2D eigenvalue weighted by Gasteiger charge is 2.37. The smallest absolute Gasteiger partial charge is 0.309 e. The van der Waals surface area contributed by atoms with Crippen LogP contribution in [0, 0.1) is 0 Å². The minimum atomic E-state index is -3.44. The van der Waals surface area contributed by atoms with Crippen molar-refractivity contribution in [3.05, 3.63) is 57.9 Å². The molecule has 2 fully saturated rings. The fraction of sp³-hybridized carbons (Fsp3) is 0.333. The third kappa shape index (κ3) is 6.02. The van der Waals surface area contributed by atoms with Gasteiger partial charge in [0.15, 0.2) is 15.0 Å². The Hall–Kier alpha value is -3.62. The first-order chi connectivity index (χ1) is 18.6. The lowest BCUT2D eigenvalue weighted by Crippen LogP contribution is -2.42. The topological polar surface area (TPSA) is 169 Å². The van der Waals surface area contributed by atoms with Crippen molar-refractivity contribution < 1.29 is 32.6 Å². The molecule has 1 aromatic carbocycles. The maximum absolute atomic E-state index is 13.3. The number of amides is 2. The number of ether oxygens (including phenoxy) is 1. The number of anilines is 1. The highest BCUT2D eigenvalue weighted by molar-refractivity contribution is 7.92. The largest absolute Gasteiger partial charge is 0.481 e. The summed E-state index contributed by atoms with van der Waals surface area (Å²) in [5.74, 6) is -2.12. The summed E-state index contributed by atoms with van der Waals surface area (Å²) in [5.41, 5.74) is 0.559. The van der Waals surface area contributed by atoms with Crippen molar-refractivity contribution in [2.45, 2.75) is 41.9 Å². The van der Waals surface area contributed by atoms with Gasteiger partial charge in [0.25, 0.3) is 11.8 Å². The molecule has 2 aliphatic rings. The van der Waals surface area contributed by atoms with Crippen LogP contribution in [0.25, 0.3) is 0 Å². The van der Waals surface area contributed by atoms with E-state index in [1.165, 1.54) is 36.7 Å². The Labute approximate surface area is 231 Å². The molecule has 12 nitrogen and oxygen atoms in total. The minimum Gasteiger partial charge on any atom is -0.481 e. The molecular formula is C24H22ClN5O7S2. The summed E-state index contributed by atoms with van der Waals surface area (Å²) in [7, 11) is -3.44. The van der Waals surface area contributed by atoms with Crippen LogP contribution in [-0.2, 0) is 25.8 Å². The maximum Gasteiger partial charge on any atom is 0.309 e. The van der Waals surface area contributed by atoms with Gasteiger partial charge in [-0.3, -0.25) is 19.7 Å². The van der Waals surface area contributed by atoms with Crippen molar-refractivity contribution in [2.75, 3.05) is 18.4 Å². The van der Waals surface area contributed by atoms with Gasteiger partial charge in [0.1, 0.15) is 10.0 Å². The number of likely N-dealkylation sites (tertiary alicyclic amines) is 1. The third-order valence-corrected chi connectivity index (χ3v) is 9.67. The quantitative estimate of drug-likeness (QED) is 0.357. The molecule has 39 heavy (non-hydrogen) atoms. The molecule has 2 aromatic heterocycles. The number of rotatable bonds is 10. The van der Waals surface area contributed by atoms with Crippen molar-refractivity contribution in [1.82, 2.24) is 19.9 Å². The summed E-state index contributed by atoms with van der Waals surface area (Å²) in [6, 6.07) is 5.77.